The molecule has 1 aromatic carbocycles. The first kappa shape index (κ1) is 14.4. The topological polar surface area (TPSA) is 89.5 Å². The van der Waals surface area contributed by atoms with Crippen LogP contribution >= 0.6 is 0 Å². The van der Waals surface area contributed by atoms with Crippen LogP contribution in [0.2, 0.25) is 0 Å². The average molecular weight is 281 g/mol. The van der Waals surface area contributed by atoms with Crippen LogP contribution in [0, 0.1) is 21.3 Å². The highest BCUT2D eigenvalue weighted by Crippen LogP contribution is 2.30. The zero-order valence-corrected chi connectivity index (χ0v) is 11.1. The number of nitro benzene ring substituents is 1. The van der Waals surface area contributed by atoms with E-state index in [2.05, 4.69) is 0 Å². The fraction of sp³-hybridized carbons (Fsp3) is 0.462. The molecule has 1 unspecified atom stereocenters. The first-order valence-corrected chi connectivity index (χ1v) is 6.29. The van der Waals surface area contributed by atoms with E-state index >= 15 is 0 Å². The molecule has 0 spiro atoms. The summed E-state index contributed by atoms with van der Waals surface area (Å²) in [5, 5.41) is 10.7. The van der Waals surface area contributed by atoms with Gasteiger partial charge in [-0.2, -0.15) is 0 Å². The van der Waals surface area contributed by atoms with Crippen LogP contribution in [-0.4, -0.2) is 35.4 Å². The quantitative estimate of drug-likeness (QED) is 0.672. The summed E-state index contributed by atoms with van der Waals surface area (Å²) in [6, 6.07) is 2.92. The van der Waals surface area contributed by atoms with Gasteiger partial charge in [-0.3, -0.25) is 14.9 Å². The van der Waals surface area contributed by atoms with Crippen molar-refractivity contribution in [3.63, 3.8) is 0 Å². The molecule has 1 heterocycles. The van der Waals surface area contributed by atoms with Crippen molar-refractivity contribution in [1.29, 1.82) is 0 Å². The van der Waals surface area contributed by atoms with Gasteiger partial charge in [-0.15, -0.1) is 0 Å². The van der Waals surface area contributed by atoms with Crippen molar-refractivity contribution in [1.82, 2.24) is 4.90 Å². The molecule has 0 bridgehead atoms. The number of nitro groups is 1. The average Bonchev–Trinajstić information content (AvgIpc) is 2.80. The predicted molar refractivity (Wildman–Crippen MR) is 70.7 cm³/mol. The van der Waals surface area contributed by atoms with E-state index in [-0.39, 0.29) is 11.0 Å². The number of likely N-dealkylation sites (tertiary alicyclic amines) is 1. The van der Waals surface area contributed by atoms with E-state index in [9.17, 15) is 19.3 Å². The number of nitrogens with zero attached hydrogens (tertiary/aromatic N) is 2. The molecule has 1 fully saturated rings. The van der Waals surface area contributed by atoms with E-state index in [0.29, 0.717) is 19.6 Å². The second-order valence-corrected chi connectivity index (χ2v) is 5.45. The molecule has 1 atom stereocenters. The second-order valence-electron chi connectivity index (χ2n) is 5.45. The van der Waals surface area contributed by atoms with E-state index in [4.69, 9.17) is 5.73 Å². The number of benzene rings is 1. The van der Waals surface area contributed by atoms with Crippen molar-refractivity contribution < 1.29 is 14.1 Å². The van der Waals surface area contributed by atoms with Gasteiger partial charge in [-0.1, -0.05) is 6.92 Å². The zero-order chi connectivity index (χ0) is 14.9. The highest BCUT2D eigenvalue weighted by molar-refractivity contribution is 5.95. The van der Waals surface area contributed by atoms with E-state index < -0.39 is 22.3 Å². The van der Waals surface area contributed by atoms with Crippen molar-refractivity contribution in [2.45, 2.75) is 13.3 Å². The molecule has 1 amide bonds. The van der Waals surface area contributed by atoms with Gasteiger partial charge in [0.1, 0.15) is 5.82 Å². The number of non-ortho nitro benzene ring substituents is 1. The van der Waals surface area contributed by atoms with Crippen LogP contribution in [0.5, 0.6) is 0 Å². The van der Waals surface area contributed by atoms with Crippen LogP contribution in [0.15, 0.2) is 18.2 Å². The van der Waals surface area contributed by atoms with Crippen LogP contribution in [0.25, 0.3) is 0 Å². The van der Waals surface area contributed by atoms with E-state index in [1.54, 1.807) is 4.90 Å². The van der Waals surface area contributed by atoms with Gasteiger partial charge in [0.25, 0.3) is 11.6 Å². The molecule has 20 heavy (non-hydrogen) atoms. The Hall–Kier alpha value is -2.02. The third-order valence-corrected chi connectivity index (χ3v) is 3.68. The summed E-state index contributed by atoms with van der Waals surface area (Å²) in [6.07, 6.45) is 0.770. The number of hydrogen-bond acceptors (Lipinski definition) is 4. The van der Waals surface area contributed by atoms with Crippen LogP contribution < -0.4 is 5.73 Å². The van der Waals surface area contributed by atoms with Crippen molar-refractivity contribution in [2.24, 2.45) is 11.1 Å². The maximum atomic E-state index is 13.4. The molecule has 2 N–H and O–H groups in total. The third-order valence-electron chi connectivity index (χ3n) is 3.68. The lowest BCUT2D eigenvalue weighted by molar-refractivity contribution is -0.385. The summed E-state index contributed by atoms with van der Waals surface area (Å²) in [5.74, 6) is -1.19. The fourth-order valence-electron chi connectivity index (χ4n) is 2.35. The normalized spacial score (nSPS) is 22.1. The minimum atomic E-state index is -0.789. The van der Waals surface area contributed by atoms with Gasteiger partial charge in [0.15, 0.2) is 0 Å². The predicted octanol–water partition coefficient (Wildman–Crippen LogP) is 1.54. The van der Waals surface area contributed by atoms with Crippen molar-refractivity contribution in [2.75, 3.05) is 19.6 Å². The van der Waals surface area contributed by atoms with Crippen LogP contribution in [0.1, 0.15) is 23.7 Å². The standard InChI is InChI=1S/C13H16FN3O3/c1-13(7-15)2-3-16(8-13)12(18)9-4-10(14)6-11(5-9)17(19)20/h4-6H,2-3,7-8,15H2,1H3. The molecular weight excluding hydrogens is 265 g/mol. The summed E-state index contributed by atoms with van der Waals surface area (Å²) in [6.45, 7) is 3.44. The first-order chi connectivity index (χ1) is 9.34. The number of carbonyl (C=O) groups is 1. The van der Waals surface area contributed by atoms with Crippen LogP contribution in [0.4, 0.5) is 10.1 Å². The maximum absolute atomic E-state index is 13.4. The lowest BCUT2D eigenvalue weighted by Gasteiger charge is -2.22. The molecule has 1 saturated heterocycles. The fourth-order valence-corrected chi connectivity index (χ4v) is 2.35. The van der Waals surface area contributed by atoms with Gasteiger partial charge in [-0.05, 0) is 24.4 Å². The number of halogens is 1. The third kappa shape index (κ3) is 2.77. The highest BCUT2D eigenvalue weighted by Gasteiger charge is 2.35. The Kier molecular flexibility index (Phi) is 3.71. The van der Waals surface area contributed by atoms with Gasteiger partial charge < -0.3 is 10.6 Å². The van der Waals surface area contributed by atoms with Gasteiger partial charge >= 0.3 is 0 Å². The van der Waals surface area contributed by atoms with Gasteiger partial charge in [0, 0.05) is 24.7 Å². The number of carbonyl (C=O) groups excluding carboxylic acids is 1. The maximum Gasteiger partial charge on any atom is 0.273 e. The molecule has 0 radical (unpaired) electrons. The summed E-state index contributed by atoms with van der Waals surface area (Å²) >= 11 is 0. The number of nitrogens with two attached hydrogens (primary N) is 1. The van der Waals surface area contributed by atoms with E-state index in [1.807, 2.05) is 6.92 Å². The number of amides is 1. The van der Waals surface area contributed by atoms with E-state index in [1.165, 1.54) is 0 Å². The van der Waals surface area contributed by atoms with Gasteiger partial charge in [0.05, 0.1) is 11.0 Å². The molecular formula is C13H16FN3O3. The van der Waals surface area contributed by atoms with Crippen molar-refractivity contribution >= 4 is 11.6 Å². The largest absolute Gasteiger partial charge is 0.338 e. The molecule has 7 heteroatoms. The molecule has 6 nitrogen and oxygen atoms in total. The molecule has 2 rings (SSSR count). The highest BCUT2D eigenvalue weighted by atomic mass is 19.1. The Morgan fingerprint density at radius 1 is 1.55 bits per heavy atom. The SMILES string of the molecule is CC1(CN)CCN(C(=O)c2cc(F)cc([N+](=O)[O-])c2)C1. The lowest BCUT2D eigenvalue weighted by atomic mass is 9.90. The van der Waals surface area contributed by atoms with Crippen molar-refractivity contribution in [3.05, 3.63) is 39.7 Å². The lowest BCUT2D eigenvalue weighted by Crippen LogP contribution is -2.34. The summed E-state index contributed by atoms with van der Waals surface area (Å²) < 4.78 is 13.4. The minimum absolute atomic E-state index is 0.00188. The monoisotopic (exact) mass is 281 g/mol. The van der Waals surface area contributed by atoms with Crippen LogP contribution in [-0.2, 0) is 0 Å². The molecule has 0 aromatic heterocycles. The van der Waals surface area contributed by atoms with Gasteiger partial charge in [-0.25, -0.2) is 4.39 Å². The minimum Gasteiger partial charge on any atom is -0.338 e. The Morgan fingerprint density at radius 2 is 2.25 bits per heavy atom. The Morgan fingerprint density at radius 3 is 2.80 bits per heavy atom. The first-order valence-electron chi connectivity index (χ1n) is 6.29. The molecule has 1 aromatic rings. The smallest absolute Gasteiger partial charge is 0.273 e. The molecule has 1 aliphatic rings. The summed E-state index contributed by atoms with van der Waals surface area (Å²) in [4.78, 5) is 23.8. The Labute approximate surface area is 115 Å². The number of rotatable bonds is 3. The molecule has 108 valence electrons. The van der Waals surface area contributed by atoms with Crippen LogP contribution in [0.3, 0.4) is 0 Å². The Bertz CT molecular complexity index is 564. The zero-order valence-electron chi connectivity index (χ0n) is 11.1. The van der Waals surface area contributed by atoms with Crippen molar-refractivity contribution in [3.8, 4) is 0 Å². The summed E-state index contributed by atoms with van der Waals surface area (Å²) in [5.41, 5.74) is 5.10. The second kappa shape index (κ2) is 5.16. The van der Waals surface area contributed by atoms with E-state index in [0.717, 1.165) is 24.6 Å². The number of hydrogen-bond donors (Lipinski definition) is 1. The van der Waals surface area contributed by atoms with Gasteiger partial charge in [0.2, 0.25) is 0 Å². The Balaban J connectivity index is 2.24. The summed E-state index contributed by atoms with van der Waals surface area (Å²) in [7, 11) is 0. The molecule has 0 saturated carbocycles. The molecule has 0 aliphatic carbocycles. The molecule has 1 aliphatic heterocycles.